The summed E-state index contributed by atoms with van der Waals surface area (Å²) in [5.41, 5.74) is 1.82. The van der Waals surface area contributed by atoms with Gasteiger partial charge in [-0.15, -0.1) is 18.3 Å². The topological polar surface area (TPSA) is 78.3 Å². The number of rotatable bonds is 6. The van der Waals surface area contributed by atoms with Crippen molar-refractivity contribution in [2.75, 3.05) is 5.32 Å². The Labute approximate surface area is 175 Å². The first-order chi connectivity index (χ1) is 14.8. The number of carbonyl (C=O) groups excluding carboxylic acids is 1. The molecule has 1 aromatic heterocycles. The van der Waals surface area contributed by atoms with E-state index >= 15 is 0 Å². The van der Waals surface area contributed by atoms with Crippen molar-refractivity contribution in [2.45, 2.75) is 32.2 Å². The third-order valence-electron chi connectivity index (χ3n) is 4.79. The highest BCUT2D eigenvalue weighted by Crippen LogP contribution is 2.34. The second kappa shape index (κ2) is 8.29. The van der Waals surface area contributed by atoms with Crippen LogP contribution in [0.1, 0.15) is 19.8 Å². The minimum atomic E-state index is -4.74. The summed E-state index contributed by atoms with van der Waals surface area (Å²) in [4.78, 5) is 16.2. The van der Waals surface area contributed by atoms with E-state index in [0.717, 1.165) is 12.8 Å². The number of hydrogen-bond donors (Lipinski definition) is 1. The molecule has 0 saturated heterocycles. The van der Waals surface area contributed by atoms with E-state index in [0.29, 0.717) is 28.7 Å². The van der Waals surface area contributed by atoms with E-state index in [1.165, 1.54) is 35.3 Å². The zero-order chi connectivity index (χ0) is 22.0. The SMILES string of the molecule is CC(OC(=O)Nc1ccc(-c2ncn(-c3ccc(OC(F)(F)F)cc3)n2)cc1)C1CC1. The van der Waals surface area contributed by atoms with Crippen LogP contribution in [-0.4, -0.2) is 33.3 Å². The zero-order valence-electron chi connectivity index (χ0n) is 16.5. The molecule has 1 fully saturated rings. The molecule has 162 valence electrons. The van der Waals surface area contributed by atoms with E-state index in [1.807, 2.05) is 6.92 Å². The van der Waals surface area contributed by atoms with Crippen molar-refractivity contribution in [3.05, 3.63) is 54.9 Å². The van der Waals surface area contributed by atoms with E-state index < -0.39 is 12.5 Å². The van der Waals surface area contributed by atoms with Gasteiger partial charge in [-0.3, -0.25) is 5.32 Å². The molecule has 1 aliphatic carbocycles. The molecule has 1 amide bonds. The van der Waals surface area contributed by atoms with Gasteiger partial charge in [-0.05, 0) is 74.2 Å². The Morgan fingerprint density at radius 2 is 1.81 bits per heavy atom. The molecule has 1 saturated carbocycles. The van der Waals surface area contributed by atoms with Gasteiger partial charge in [0.05, 0.1) is 5.69 Å². The minimum absolute atomic E-state index is 0.0958. The third kappa shape index (κ3) is 5.53. The Hall–Kier alpha value is -3.56. The van der Waals surface area contributed by atoms with E-state index in [9.17, 15) is 18.0 Å². The summed E-state index contributed by atoms with van der Waals surface area (Å²) in [5.74, 6) is 0.569. The predicted octanol–water partition coefficient (Wildman–Crippen LogP) is 5.18. The van der Waals surface area contributed by atoms with Crippen molar-refractivity contribution >= 4 is 11.8 Å². The maximum absolute atomic E-state index is 12.3. The molecule has 31 heavy (non-hydrogen) atoms. The lowest BCUT2D eigenvalue weighted by atomic mass is 10.2. The average Bonchev–Trinajstić information content (AvgIpc) is 3.45. The Bertz CT molecular complexity index is 1040. The molecule has 0 aliphatic heterocycles. The van der Waals surface area contributed by atoms with Crippen LogP contribution < -0.4 is 10.1 Å². The lowest BCUT2D eigenvalue weighted by Crippen LogP contribution is -2.21. The van der Waals surface area contributed by atoms with Crippen LogP contribution in [0.5, 0.6) is 5.75 Å². The zero-order valence-corrected chi connectivity index (χ0v) is 16.5. The Morgan fingerprint density at radius 1 is 1.13 bits per heavy atom. The summed E-state index contributed by atoms with van der Waals surface area (Å²) >= 11 is 0. The monoisotopic (exact) mass is 432 g/mol. The van der Waals surface area contributed by atoms with E-state index in [2.05, 4.69) is 20.1 Å². The lowest BCUT2D eigenvalue weighted by molar-refractivity contribution is -0.274. The molecule has 1 N–H and O–H groups in total. The summed E-state index contributed by atoms with van der Waals surface area (Å²) in [6, 6.07) is 12.2. The predicted molar refractivity (Wildman–Crippen MR) is 106 cm³/mol. The quantitative estimate of drug-likeness (QED) is 0.581. The van der Waals surface area contributed by atoms with Crippen LogP contribution in [0.2, 0.25) is 0 Å². The average molecular weight is 432 g/mol. The Balaban J connectivity index is 1.39. The van der Waals surface area contributed by atoms with Crippen molar-refractivity contribution < 1.29 is 27.4 Å². The largest absolute Gasteiger partial charge is 0.573 e. The van der Waals surface area contributed by atoms with Gasteiger partial charge in [0.2, 0.25) is 0 Å². The van der Waals surface area contributed by atoms with Gasteiger partial charge in [-0.2, -0.15) is 0 Å². The first-order valence-corrected chi connectivity index (χ1v) is 9.63. The van der Waals surface area contributed by atoms with Crippen molar-refractivity contribution in [1.29, 1.82) is 0 Å². The van der Waals surface area contributed by atoms with E-state index in [4.69, 9.17) is 4.74 Å². The molecule has 3 aromatic rings. The molecule has 2 aromatic carbocycles. The molecule has 0 radical (unpaired) electrons. The number of anilines is 1. The molecule has 1 heterocycles. The minimum Gasteiger partial charge on any atom is -0.446 e. The highest BCUT2D eigenvalue weighted by Gasteiger charge is 2.31. The number of halogens is 3. The van der Waals surface area contributed by atoms with Gasteiger partial charge in [0.15, 0.2) is 5.82 Å². The van der Waals surface area contributed by atoms with Crippen molar-refractivity contribution in [3.63, 3.8) is 0 Å². The van der Waals surface area contributed by atoms with Crippen molar-refractivity contribution in [1.82, 2.24) is 14.8 Å². The standard InChI is InChI=1S/C21H19F3N4O3/c1-13(14-2-3-14)30-20(29)26-16-6-4-15(5-7-16)19-25-12-28(27-19)17-8-10-18(11-9-17)31-21(22,23)24/h4-14H,2-3H2,1H3,(H,26,29). The highest BCUT2D eigenvalue weighted by atomic mass is 19.4. The maximum atomic E-state index is 12.3. The van der Waals surface area contributed by atoms with Gasteiger partial charge in [-0.25, -0.2) is 14.5 Å². The molecular weight excluding hydrogens is 413 g/mol. The number of alkyl halides is 3. The fraction of sp³-hybridized carbons (Fsp3) is 0.286. The van der Waals surface area contributed by atoms with Crippen LogP contribution in [-0.2, 0) is 4.74 Å². The molecule has 1 aliphatic rings. The van der Waals surface area contributed by atoms with Crippen LogP contribution >= 0.6 is 0 Å². The Morgan fingerprint density at radius 3 is 2.42 bits per heavy atom. The second-order valence-corrected chi connectivity index (χ2v) is 7.20. The maximum Gasteiger partial charge on any atom is 0.573 e. The molecule has 4 rings (SSSR count). The second-order valence-electron chi connectivity index (χ2n) is 7.20. The number of amides is 1. The number of nitrogens with one attached hydrogen (secondary N) is 1. The fourth-order valence-corrected chi connectivity index (χ4v) is 3.00. The third-order valence-corrected chi connectivity index (χ3v) is 4.79. The van der Waals surface area contributed by atoms with Gasteiger partial charge in [-0.1, -0.05) is 0 Å². The normalized spacial score (nSPS) is 14.7. The van der Waals surface area contributed by atoms with E-state index in [1.54, 1.807) is 24.3 Å². The number of benzene rings is 2. The number of nitrogens with zero attached hydrogens (tertiary/aromatic N) is 3. The molecular formula is C21H19F3N4O3. The van der Waals surface area contributed by atoms with Gasteiger partial charge >= 0.3 is 12.5 Å². The van der Waals surface area contributed by atoms with Crippen LogP contribution in [0, 0.1) is 5.92 Å². The van der Waals surface area contributed by atoms with Gasteiger partial charge in [0, 0.05) is 11.3 Å². The summed E-state index contributed by atoms with van der Waals surface area (Å²) in [6.45, 7) is 1.89. The van der Waals surface area contributed by atoms with E-state index in [-0.39, 0.29) is 11.9 Å². The highest BCUT2D eigenvalue weighted by molar-refractivity contribution is 5.85. The van der Waals surface area contributed by atoms with Gasteiger partial charge < -0.3 is 9.47 Å². The van der Waals surface area contributed by atoms with Crippen LogP contribution in [0.15, 0.2) is 54.9 Å². The molecule has 0 spiro atoms. The smallest absolute Gasteiger partial charge is 0.446 e. The molecule has 10 heteroatoms. The van der Waals surface area contributed by atoms with Crippen LogP contribution in [0.25, 0.3) is 17.1 Å². The van der Waals surface area contributed by atoms with Gasteiger partial charge in [0.25, 0.3) is 0 Å². The summed E-state index contributed by atoms with van der Waals surface area (Å²) < 4.78 is 47.4. The number of aromatic nitrogens is 3. The van der Waals surface area contributed by atoms with Crippen molar-refractivity contribution in [2.24, 2.45) is 5.92 Å². The Kier molecular flexibility index (Phi) is 5.53. The van der Waals surface area contributed by atoms with Crippen LogP contribution in [0.4, 0.5) is 23.7 Å². The first-order valence-electron chi connectivity index (χ1n) is 9.63. The molecule has 1 atom stereocenters. The summed E-state index contributed by atoms with van der Waals surface area (Å²) in [7, 11) is 0. The molecule has 0 bridgehead atoms. The van der Waals surface area contributed by atoms with Crippen LogP contribution in [0.3, 0.4) is 0 Å². The van der Waals surface area contributed by atoms with Gasteiger partial charge in [0.1, 0.15) is 18.2 Å². The number of carbonyl (C=O) groups is 1. The van der Waals surface area contributed by atoms with Crippen molar-refractivity contribution in [3.8, 4) is 22.8 Å². The molecule has 1 unspecified atom stereocenters. The molecule has 7 nitrogen and oxygen atoms in total. The summed E-state index contributed by atoms with van der Waals surface area (Å²) in [5, 5.41) is 7.03. The lowest BCUT2D eigenvalue weighted by Gasteiger charge is -2.13. The number of ether oxygens (including phenoxy) is 2. The fourth-order valence-electron chi connectivity index (χ4n) is 3.00. The number of hydrogen-bond acceptors (Lipinski definition) is 5. The first kappa shape index (κ1) is 20.7. The summed E-state index contributed by atoms with van der Waals surface area (Å²) in [6.07, 6.45) is -1.69.